The van der Waals surface area contributed by atoms with Gasteiger partial charge in [-0.25, -0.2) is 9.98 Å². The Morgan fingerprint density at radius 1 is 1.35 bits per heavy atom. The lowest BCUT2D eigenvalue weighted by molar-refractivity contribution is 0.315. The minimum atomic E-state index is 0. The molecule has 1 aromatic rings. The van der Waals surface area contributed by atoms with E-state index in [4.69, 9.17) is 0 Å². The number of hydrogen-bond acceptors (Lipinski definition) is 3. The van der Waals surface area contributed by atoms with E-state index in [0.717, 1.165) is 41.8 Å². The zero-order valence-corrected chi connectivity index (χ0v) is 17.3. The molecule has 0 saturated heterocycles. The van der Waals surface area contributed by atoms with Crippen molar-refractivity contribution < 1.29 is 0 Å². The zero-order valence-electron chi connectivity index (χ0n) is 14.2. The van der Waals surface area contributed by atoms with Gasteiger partial charge < -0.3 is 10.6 Å². The number of aliphatic imine (C=N–C) groups is 1. The third kappa shape index (κ3) is 5.31. The zero-order chi connectivity index (χ0) is 15.4. The predicted octanol–water partition coefficient (Wildman–Crippen LogP) is 3.95. The molecule has 3 unspecified atom stereocenters. The molecule has 2 N–H and O–H groups in total. The van der Waals surface area contributed by atoms with E-state index in [9.17, 15) is 0 Å². The van der Waals surface area contributed by atoms with Gasteiger partial charge in [0, 0.05) is 24.2 Å². The molecule has 2 aliphatic rings. The second-order valence-electron chi connectivity index (χ2n) is 6.71. The summed E-state index contributed by atoms with van der Waals surface area (Å²) in [6.07, 6.45) is 9.16. The number of hydrogen-bond donors (Lipinski definition) is 2. The number of rotatable bonds is 6. The largest absolute Gasteiger partial charge is 0.357 e. The van der Waals surface area contributed by atoms with Gasteiger partial charge in [0.25, 0.3) is 0 Å². The molecular weight excluding hydrogens is 419 g/mol. The number of guanidine groups is 1. The number of thiazole rings is 1. The van der Waals surface area contributed by atoms with Gasteiger partial charge in [-0.3, -0.25) is 0 Å². The maximum atomic E-state index is 4.65. The molecular formula is C17H29IN4S. The minimum Gasteiger partial charge on any atom is -0.357 e. The first-order chi connectivity index (χ1) is 10.7. The molecule has 4 nitrogen and oxygen atoms in total. The fourth-order valence-electron chi connectivity index (χ4n) is 4.07. The Balaban J connectivity index is 0.00000192. The van der Waals surface area contributed by atoms with Crippen LogP contribution in [0.5, 0.6) is 0 Å². The summed E-state index contributed by atoms with van der Waals surface area (Å²) in [4.78, 5) is 10.3. The van der Waals surface area contributed by atoms with Gasteiger partial charge in [0.2, 0.25) is 0 Å². The third-order valence-electron chi connectivity index (χ3n) is 5.08. The van der Waals surface area contributed by atoms with Crippen molar-refractivity contribution in [1.29, 1.82) is 0 Å². The first-order valence-corrected chi connectivity index (χ1v) is 9.49. The lowest BCUT2D eigenvalue weighted by Crippen LogP contribution is -2.38. The minimum absolute atomic E-state index is 0. The van der Waals surface area contributed by atoms with Gasteiger partial charge >= 0.3 is 0 Å². The van der Waals surface area contributed by atoms with Gasteiger partial charge in [0.15, 0.2) is 5.96 Å². The van der Waals surface area contributed by atoms with Crippen LogP contribution in [0.4, 0.5) is 0 Å². The van der Waals surface area contributed by atoms with Gasteiger partial charge in [-0.05, 0) is 57.3 Å². The molecule has 6 heteroatoms. The van der Waals surface area contributed by atoms with Crippen LogP contribution in [0.3, 0.4) is 0 Å². The van der Waals surface area contributed by atoms with E-state index >= 15 is 0 Å². The van der Waals surface area contributed by atoms with Crippen LogP contribution in [0.15, 0.2) is 11.2 Å². The molecule has 2 saturated carbocycles. The van der Waals surface area contributed by atoms with Crippen molar-refractivity contribution in [1.82, 2.24) is 15.6 Å². The Bertz CT molecular complexity index is 516. The fourth-order valence-corrected chi connectivity index (χ4v) is 4.78. The van der Waals surface area contributed by atoms with E-state index < -0.39 is 0 Å². The molecule has 130 valence electrons. The fraction of sp³-hybridized carbons (Fsp3) is 0.765. The van der Waals surface area contributed by atoms with Crippen LogP contribution in [-0.4, -0.2) is 24.0 Å². The van der Waals surface area contributed by atoms with Crippen molar-refractivity contribution in [3.8, 4) is 0 Å². The van der Waals surface area contributed by atoms with E-state index in [1.54, 1.807) is 11.3 Å². The molecule has 2 fully saturated rings. The number of aromatic nitrogens is 1. The number of fused-ring (bicyclic) bond motifs is 2. The molecule has 0 radical (unpaired) electrons. The van der Waals surface area contributed by atoms with Crippen LogP contribution < -0.4 is 10.6 Å². The Labute approximate surface area is 161 Å². The molecule has 1 aromatic heterocycles. The van der Waals surface area contributed by atoms with Gasteiger partial charge in [-0.2, -0.15) is 0 Å². The van der Waals surface area contributed by atoms with E-state index in [1.165, 1.54) is 37.0 Å². The summed E-state index contributed by atoms with van der Waals surface area (Å²) >= 11 is 1.73. The third-order valence-corrected chi connectivity index (χ3v) is 5.98. The van der Waals surface area contributed by atoms with Crippen molar-refractivity contribution in [3.63, 3.8) is 0 Å². The second kappa shape index (κ2) is 9.20. The quantitative estimate of drug-likeness (QED) is 0.394. The standard InChI is InChI=1S/C17H28N4S.HI/c1-3-18-17(21-11-16-20-10-12(2)22-16)19-7-6-15-9-13-4-5-14(15)8-13;/h10,13-15H,3-9,11H2,1-2H3,(H2,18,19,21);1H. The van der Waals surface area contributed by atoms with Gasteiger partial charge in [-0.15, -0.1) is 35.3 Å². The summed E-state index contributed by atoms with van der Waals surface area (Å²) in [5, 5.41) is 7.92. The summed E-state index contributed by atoms with van der Waals surface area (Å²) in [5.74, 6) is 3.95. The molecule has 23 heavy (non-hydrogen) atoms. The van der Waals surface area contributed by atoms with E-state index in [2.05, 4.69) is 34.5 Å². The first kappa shape index (κ1) is 19.0. The van der Waals surface area contributed by atoms with Crippen molar-refractivity contribution in [2.45, 2.75) is 52.5 Å². The normalized spacial score (nSPS) is 26.2. The molecule has 0 amide bonds. The Hall–Kier alpha value is -0.370. The van der Waals surface area contributed by atoms with Crippen molar-refractivity contribution in [2.75, 3.05) is 13.1 Å². The Morgan fingerprint density at radius 3 is 2.83 bits per heavy atom. The average molecular weight is 448 g/mol. The van der Waals surface area contributed by atoms with E-state index in [-0.39, 0.29) is 24.0 Å². The predicted molar refractivity (Wildman–Crippen MR) is 109 cm³/mol. The van der Waals surface area contributed by atoms with Crippen LogP contribution in [0, 0.1) is 24.7 Å². The highest BCUT2D eigenvalue weighted by Gasteiger charge is 2.38. The van der Waals surface area contributed by atoms with E-state index in [0.29, 0.717) is 6.54 Å². The molecule has 3 atom stereocenters. The van der Waals surface area contributed by atoms with Crippen molar-refractivity contribution in [3.05, 3.63) is 16.1 Å². The summed E-state index contributed by atoms with van der Waals surface area (Å²) in [7, 11) is 0. The maximum absolute atomic E-state index is 4.65. The van der Waals surface area contributed by atoms with Crippen molar-refractivity contribution >= 4 is 41.3 Å². The monoisotopic (exact) mass is 448 g/mol. The summed E-state index contributed by atoms with van der Waals surface area (Å²) in [5.41, 5.74) is 0. The first-order valence-electron chi connectivity index (χ1n) is 8.68. The SMILES string of the molecule is CCNC(=NCc1ncc(C)s1)NCCC1CC2CCC1C2.I. The molecule has 0 spiro atoms. The highest BCUT2D eigenvalue weighted by molar-refractivity contribution is 14.0. The van der Waals surface area contributed by atoms with Gasteiger partial charge in [-0.1, -0.05) is 6.42 Å². The van der Waals surface area contributed by atoms with Crippen LogP contribution in [0.1, 0.15) is 48.9 Å². The number of nitrogens with zero attached hydrogens (tertiary/aromatic N) is 2. The van der Waals surface area contributed by atoms with Crippen LogP contribution in [-0.2, 0) is 6.54 Å². The molecule has 1 heterocycles. The highest BCUT2D eigenvalue weighted by Crippen LogP contribution is 2.49. The van der Waals surface area contributed by atoms with E-state index in [1.807, 2.05) is 6.20 Å². The molecule has 3 rings (SSSR count). The lowest BCUT2D eigenvalue weighted by Gasteiger charge is -2.22. The molecule has 0 aliphatic heterocycles. The summed E-state index contributed by atoms with van der Waals surface area (Å²) in [6, 6.07) is 0. The van der Waals surface area contributed by atoms with Crippen molar-refractivity contribution in [2.24, 2.45) is 22.7 Å². The van der Waals surface area contributed by atoms with Gasteiger partial charge in [0.1, 0.15) is 5.01 Å². The molecule has 0 aromatic carbocycles. The highest BCUT2D eigenvalue weighted by atomic mass is 127. The van der Waals surface area contributed by atoms with Crippen LogP contribution in [0.25, 0.3) is 0 Å². The average Bonchev–Trinajstić information content (AvgIpc) is 3.21. The van der Waals surface area contributed by atoms with Gasteiger partial charge in [0.05, 0.1) is 6.54 Å². The molecule has 2 bridgehead atoms. The summed E-state index contributed by atoms with van der Waals surface area (Å²) < 4.78 is 0. The number of aryl methyl sites for hydroxylation is 1. The second-order valence-corrected chi connectivity index (χ2v) is 8.03. The molecule has 2 aliphatic carbocycles. The van der Waals surface area contributed by atoms with Crippen LogP contribution in [0.2, 0.25) is 0 Å². The maximum Gasteiger partial charge on any atom is 0.191 e. The summed E-state index contributed by atoms with van der Waals surface area (Å²) in [6.45, 7) is 6.81. The number of nitrogens with one attached hydrogen (secondary N) is 2. The van der Waals surface area contributed by atoms with Crippen LogP contribution >= 0.6 is 35.3 Å². The number of halogens is 1. The topological polar surface area (TPSA) is 49.3 Å². The Morgan fingerprint density at radius 2 is 2.22 bits per heavy atom. The Kier molecular flexibility index (Phi) is 7.59. The smallest absolute Gasteiger partial charge is 0.191 e. The lowest BCUT2D eigenvalue weighted by atomic mass is 9.86.